The van der Waals surface area contributed by atoms with Gasteiger partial charge in [-0.05, 0) is 31.9 Å². The lowest BCUT2D eigenvalue weighted by Crippen LogP contribution is -2.32. The molecule has 3 N–H and O–H groups in total. The second-order valence-electron chi connectivity index (χ2n) is 3.23. The molecule has 0 aliphatic carbocycles. The maximum absolute atomic E-state index is 5.45. The SMILES string of the molecule is CCN=C(NN)c1c(C)cccc1C. The van der Waals surface area contributed by atoms with E-state index in [1.807, 2.05) is 13.0 Å². The van der Waals surface area contributed by atoms with Gasteiger partial charge >= 0.3 is 0 Å². The number of aryl methyl sites for hydroxylation is 2. The van der Waals surface area contributed by atoms with E-state index in [1.165, 1.54) is 11.1 Å². The molecule has 0 saturated heterocycles. The number of hydrazine groups is 1. The second-order valence-corrected chi connectivity index (χ2v) is 3.23. The Hall–Kier alpha value is -1.35. The number of hydrogen-bond donors (Lipinski definition) is 2. The zero-order valence-electron chi connectivity index (χ0n) is 8.96. The van der Waals surface area contributed by atoms with Crippen molar-refractivity contribution >= 4 is 5.84 Å². The van der Waals surface area contributed by atoms with Crippen LogP contribution in [0.5, 0.6) is 0 Å². The molecule has 0 fully saturated rings. The molecule has 0 unspecified atom stereocenters. The molecule has 3 nitrogen and oxygen atoms in total. The van der Waals surface area contributed by atoms with Crippen molar-refractivity contribution in [2.75, 3.05) is 6.54 Å². The van der Waals surface area contributed by atoms with Gasteiger partial charge in [0.1, 0.15) is 5.84 Å². The van der Waals surface area contributed by atoms with Gasteiger partial charge in [0.05, 0.1) is 0 Å². The molecular weight excluding hydrogens is 174 g/mol. The maximum atomic E-state index is 5.45. The van der Waals surface area contributed by atoms with Crippen molar-refractivity contribution in [3.63, 3.8) is 0 Å². The van der Waals surface area contributed by atoms with Gasteiger partial charge in [0, 0.05) is 12.1 Å². The van der Waals surface area contributed by atoms with Crippen LogP contribution < -0.4 is 11.3 Å². The minimum absolute atomic E-state index is 0.729. The van der Waals surface area contributed by atoms with Crippen LogP contribution in [0.15, 0.2) is 23.2 Å². The predicted octanol–water partition coefficient (Wildman–Crippen LogP) is 1.53. The van der Waals surface area contributed by atoms with Crippen LogP contribution in [-0.2, 0) is 0 Å². The molecule has 1 aromatic rings. The first-order valence-electron chi connectivity index (χ1n) is 4.78. The first-order chi connectivity index (χ1) is 6.70. The highest BCUT2D eigenvalue weighted by atomic mass is 15.2. The summed E-state index contributed by atoms with van der Waals surface area (Å²) >= 11 is 0. The molecule has 0 amide bonds. The van der Waals surface area contributed by atoms with Crippen LogP contribution >= 0.6 is 0 Å². The van der Waals surface area contributed by atoms with Gasteiger partial charge in [-0.2, -0.15) is 0 Å². The molecule has 1 rings (SSSR count). The first kappa shape index (κ1) is 10.7. The van der Waals surface area contributed by atoms with E-state index in [0.29, 0.717) is 0 Å². The van der Waals surface area contributed by atoms with Crippen molar-refractivity contribution in [2.24, 2.45) is 10.8 Å². The molecule has 0 aliphatic rings. The summed E-state index contributed by atoms with van der Waals surface area (Å²) in [6.07, 6.45) is 0. The standard InChI is InChI=1S/C11H17N3/c1-4-13-11(14-12)10-8(2)6-5-7-9(10)3/h5-7H,4,12H2,1-3H3,(H,13,14). The van der Waals surface area contributed by atoms with Crippen molar-refractivity contribution in [3.8, 4) is 0 Å². The minimum Gasteiger partial charge on any atom is -0.308 e. The van der Waals surface area contributed by atoms with E-state index in [2.05, 4.69) is 36.4 Å². The highest BCUT2D eigenvalue weighted by molar-refractivity contribution is 6.00. The average Bonchev–Trinajstić information content (AvgIpc) is 2.16. The second kappa shape index (κ2) is 4.77. The highest BCUT2D eigenvalue weighted by Crippen LogP contribution is 2.13. The Morgan fingerprint density at radius 2 is 1.93 bits per heavy atom. The maximum Gasteiger partial charge on any atom is 0.143 e. The third-order valence-corrected chi connectivity index (χ3v) is 2.17. The summed E-state index contributed by atoms with van der Waals surface area (Å²) in [4.78, 5) is 4.32. The fourth-order valence-corrected chi connectivity index (χ4v) is 1.54. The van der Waals surface area contributed by atoms with Gasteiger partial charge < -0.3 is 5.43 Å². The zero-order valence-corrected chi connectivity index (χ0v) is 8.96. The Balaban J connectivity index is 3.22. The van der Waals surface area contributed by atoms with E-state index >= 15 is 0 Å². The summed E-state index contributed by atoms with van der Waals surface area (Å²) in [5.41, 5.74) is 6.14. The third-order valence-electron chi connectivity index (χ3n) is 2.17. The molecular formula is C11H17N3. The van der Waals surface area contributed by atoms with Crippen LogP contribution in [0.1, 0.15) is 23.6 Å². The Bertz CT molecular complexity index is 322. The summed E-state index contributed by atoms with van der Waals surface area (Å²) in [6, 6.07) is 6.16. The summed E-state index contributed by atoms with van der Waals surface area (Å²) in [5.74, 6) is 6.21. The average molecular weight is 191 g/mol. The van der Waals surface area contributed by atoms with E-state index in [4.69, 9.17) is 5.84 Å². The zero-order chi connectivity index (χ0) is 10.6. The number of hydrogen-bond acceptors (Lipinski definition) is 2. The molecule has 0 aliphatic heterocycles. The van der Waals surface area contributed by atoms with E-state index in [-0.39, 0.29) is 0 Å². The van der Waals surface area contributed by atoms with Crippen molar-refractivity contribution in [1.29, 1.82) is 0 Å². The topological polar surface area (TPSA) is 50.4 Å². The lowest BCUT2D eigenvalue weighted by atomic mass is 10.0. The van der Waals surface area contributed by atoms with Gasteiger partial charge in [-0.15, -0.1) is 0 Å². The minimum atomic E-state index is 0.729. The molecule has 0 atom stereocenters. The summed E-state index contributed by atoms with van der Waals surface area (Å²) < 4.78 is 0. The number of aliphatic imine (C=N–C) groups is 1. The van der Waals surface area contributed by atoms with Gasteiger partial charge in [0.15, 0.2) is 0 Å². The quantitative estimate of drug-likeness (QED) is 0.322. The summed E-state index contributed by atoms with van der Waals surface area (Å²) in [7, 11) is 0. The van der Waals surface area contributed by atoms with Crippen LogP contribution in [0.3, 0.4) is 0 Å². The van der Waals surface area contributed by atoms with E-state index < -0.39 is 0 Å². The fourth-order valence-electron chi connectivity index (χ4n) is 1.54. The van der Waals surface area contributed by atoms with Crippen LogP contribution in [0, 0.1) is 13.8 Å². The molecule has 1 aromatic carbocycles. The smallest absolute Gasteiger partial charge is 0.143 e. The summed E-state index contributed by atoms with van der Waals surface area (Å²) in [5, 5.41) is 0. The lowest BCUT2D eigenvalue weighted by Gasteiger charge is -2.11. The monoisotopic (exact) mass is 191 g/mol. The van der Waals surface area contributed by atoms with Gasteiger partial charge in [-0.1, -0.05) is 18.2 Å². The molecule has 0 saturated carbocycles. The van der Waals surface area contributed by atoms with E-state index in [1.54, 1.807) is 0 Å². The van der Waals surface area contributed by atoms with Crippen LogP contribution in [0.2, 0.25) is 0 Å². The Morgan fingerprint density at radius 1 is 1.36 bits per heavy atom. The molecule has 0 bridgehead atoms. The molecule has 0 radical (unpaired) electrons. The van der Waals surface area contributed by atoms with Crippen molar-refractivity contribution in [3.05, 3.63) is 34.9 Å². The Labute approximate surface area is 85.0 Å². The molecule has 3 heteroatoms. The van der Waals surface area contributed by atoms with Crippen molar-refractivity contribution in [1.82, 2.24) is 5.43 Å². The molecule has 76 valence electrons. The van der Waals surface area contributed by atoms with E-state index in [9.17, 15) is 0 Å². The molecule has 0 spiro atoms. The number of nitrogens with zero attached hydrogens (tertiary/aromatic N) is 1. The fraction of sp³-hybridized carbons (Fsp3) is 0.364. The number of amidine groups is 1. The largest absolute Gasteiger partial charge is 0.308 e. The van der Waals surface area contributed by atoms with Crippen molar-refractivity contribution in [2.45, 2.75) is 20.8 Å². The van der Waals surface area contributed by atoms with Gasteiger partial charge in [-0.3, -0.25) is 4.99 Å². The third kappa shape index (κ3) is 2.12. The summed E-state index contributed by atoms with van der Waals surface area (Å²) in [6.45, 7) is 6.84. The number of nitrogens with two attached hydrogens (primary N) is 1. The van der Waals surface area contributed by atoms with Crippen LogP contribution in [0.25, 0.3) is 0 Å². The Morgan fingerprint density at radius 3 is 2.36 bits per heavy atom. The van der Waals surface area contributed by atoms with Crippen LogP contribution in [0.4, 0.5) is 0 Å². The van der Waals surface area contributed by atoms with Gasteiger partial charge in [0.25, 0.3) is 0 Å². The van der Waals surface area contributed by atoms with Gasteiger partial charge in [0.2, 0.25) is 0 Å². The highest BCUT2D eigenvalue weighted by Gasteiger charge is 2.07. The van der Waals surface area contributed by atoms with E-state index in [0.717, 1.165) is 17.9 Å². The predicted molar refractivity (Wildman–Crippen MR) is 60.3 cm³/mol. The normalized spacial score (nSPS) is 11.6. The van der Waals surface area contributed by atoms with Gasteiger partial charge in [-0.25, -0.2) is 5.84 Å². The number of benzene rings is 1. The number of rotatable bonds is 2. The number of nitrogens with one attached hydrogen (secondary N) is 1. The lowest BCUT2D eigenvalue weighted by molar-refractivity contribution is 0.986. The first-order valence-corrected chi connectivity index (χ1v) is 4.78. The van der Waals surface area contributed by atoms with Crippen LogP contribution in [-0.4, -0.2) is 12.4 Å². The molecule has 0 aromatic heterocycles. The Kier molecular flexibility index (Phi) is 3.65. The molecule has 0 heterocycles. The van der Waals surface area contributed by atoms with Crippen molar-refractivity contribution < 1.29 is 0 Å². The molecule has 14 heavy (non-hydrogen) atoms.